The predicted molar refractivity (Wildman–Crippen MR) is 31.2 cm³/mol. The molecule has 0 amide bonds. The van der Waals surface area contributed by atoms with E-state index in [4.69, 9.17) is 11.0 Å². The largest absolute Gasteiger partial charge is 0.397 e. The van der Waals surface area contributed by atoms with Gasteiger partial charge in [-0.25, -0.2) is 0 Å². The van der Waals surface area contributed by atoms with Crippen molar-refractivity contribution in [2.75, 3.05) is 5.73 Å². The molecule has 0 atom stereocenters. The molecule has 1 rings (SSSR count). The third-order valence-electron chi connectivity index (χ3n) is 0.790. The summed E-state index contributed by atoms with van der Waals surface area (Å²) in [6.45, 7) is 0. The molecule has 0 aliphatic carbocycles. The zero-order valence-electron chi connectivity index (χ0n) is 4.57. The van der Waals surface area contributed by atoms with Gasteiger partial charge in [-0.05, 0) is 0 Å². The van der Waals surface area contributed by atoms with Crippen molar-refractivity contribution in [2.24, 2.45) is 0 Å². The fourth-order valence-corrected chi connectivity index (χ4v) is 0.436. The molecule has 1 aromatic rings. The number of rotatable bonds is 0. The Bertz CT molecular complexity index is 249. The van der Waals surface area contributed by atoms with E-state index < -0.39 is 0 Å². The predicted octanol–water partition coefficient (Wildman–Crippen LogP) is -0.0695. The highest BCUT2D eigenvalue weighted by Gasteiger charge is 1.89. The molecule has 9 heavy (non-hydrogen) atoms. The lowest BCUT2D eigenvalue weighted by Gasteiger charge is -1.87. The van der Waals surface area contributed by atoms with Gasteiger partial charge >= 0.3 is 0 Å². The number of aromatic nitrogens is 2. The Balaban J connectivity index is 3.12. The Kier molecular flexibility index (Phi) is 1.28. The van der Waals surface area contributed by atoms with Crippen LogP contribution in [-0.4, -0.2) is 10.2 Å². The van der Waals surface area contributed by atoms with Gasteiger partial charge in [0.15, 0.2) is 5.69 Å². The Labute approximate surface area is 51.9 Å². The van der Waals surface area contributed by atoms with Crippen molar-refractivity contribution in [2.45, 2.75) is 0 Å². The SMILES string of the molecule is N#Cc1cc(N)cnn1. The average molecular weight is 120 g/mol. The zero-order chi connectivity index (χ0) is 6.69. The van der Waals surface area contributed by atoms with Gasteiger partial charge in [-0.3, -0.25) is 0 Å². The first-order valence-corrected chi connectivity index (χ1v) is 2.31. The minimum Gasteiger partial charge on any atom is -0.397 e. The van der Waals surface area contributed by atoms with Crippen molar-refractivity contribution in [1.82, 2.24) is 10.2 Å². The van der Waals surface area contributed by atoms with Crippen LogP contribution in [0.1, 0.15) is 5.69 Å². The van der Waals surface area contributed by atoms with Crippen LogP contribution in [0.3, 0.4) is 0 Å². The molecule has 0 unspecified atom stereocenters. The van der Waals surface area contributed by atoms with E-state index in [1.54, 1.807) is 0 Å². The number of hydrogen-bond donors (Lipinski definition) is 1. The minimum atomic E-state index is 0.245. The van der Waals surface area contributed by atoms with E-state index in [9.17, 15) is 0 Å². The molecule has 44 valence electrons. The van der Waals surface area contributed by atoms with E-state index >= 15 is 0 Å². The third-order valence-corrected chi connectivity index (χ3v) is 0.790. The molecular weight excluding hydrogens is 116 g/mol. The van der Waals surface area contributed by atoms with Gasteiger partial charge < -0.3 is 5.73 Å². The van der Waals surface area contributed by atoms with E-state index in [1.165, 1.54) is 12.3 Å². The summed E-state index contributed by atoms with van der Waals surface area (Å²) >= 11 is 0. The average Bonchev–Trinajstić information content (AvgIpc) is 1.88. The number of nitrogen functional groups attached to an aromatic ring is 1. The van der Waals surface area contributed by atoms with Crippen LogP contribution in [0.25, 0.3) is 0 Å². The summed E-state index contributed by atoms with van der Waals surface area (Å²) in [4.78, 5) is 0. The van der Waals surface area contributed by atoms with Gasteiger partial charge in [-0.2, -0.15) is 10.4 Å². The summed E-state index contributed by atoms with van der Waals surface area (Å²) in [5.41, 5.74) is 5.99. The molecule has 0 aliphatic rings. The van der Waals surface area contributed by atoms with Crippen LogP contribution < -0.4 is 5.73 Å². The van der Waals surface area contributed by atoms with Crippen LogP contribution in [0.5, 0.6) is 0 Å². The first-order valence-electron chi connectivity index (χ1n) is 2.31. The molecule has 0 fully saturated rings. The molecule has 0 aromatic carbocycles. The molecule has 0 saturated heterocycles. The molecule has 4 nitrogen and oxygen atoms in total. The maximum Gasteiger partial charge on any atom is 0.165 e. The Morgan fingerprint density at radius 2 is 2.44 bits per heavy atom. The lowest BCUT2D eigenvalue weighted by molar-refractivity contribution is 1.01. The zero-order valence-corrected chi connectivity index (χ0v) is 4.57. The van der Waals surface area contributed by atoms with Crippen molar-refractivity contribution >= 4 is 5.69 Å². The molecule has 0 saturated carbocycles. The van der Waals surface area contributed by atoms with Crippen LogP contribution in [-0.2, 0) is 0 Å². The monoisotopic (exact) mass is 120 g/mol. The summed E-state index contributed by atoms with van der Waals surface area (Å²) in [5, 5.41) is 15.2. The molecule has 4 heteroatoms. The normalized spacial score (nSPS) is 8.33. The van der Waals surface area contributed by atoms with Crippen molar-refractivity contribution in [3.8, 4) is 6.07 Å². The van der Waals surface area contributed by atoms with E-state index in [0.717, 1.165) is 0 Å². The van der Waals surface area contributed by atoms with Crippen LogP contribution >= 0.6 is 0 Å². The molecule has 0 aliphatic heterocycles. The second kappa shape index (κ2) is 2.09. The summed E-state index contributed by atoms with van der Waals surface area (Å²) in [6, 6.07) is 3.28. The van der Waals surface area contributed by atoms with Gasteiger partial charge in [-0.1, -0.05) is 0 Å². The highest BCUT2D eigenvalue weighted by molar-refractivity contribution is 5.38. The highest BCUT2D eigenvalue weighted by atomic mass is 15.1. The third kappa shape index (κ3) is 1.13. The van der Waals surface area contributed by atoms with Crippen molar-refractivity contribution < 1.29 is 0 Å². The van der Waals surface area contributed by atoms with Gasteiger partial charge in [0.2, 0.25) is 0 Å². The van der Waals surface area contributed by atoms with Crippen LogP contribution in [0.4, 0.5) is 5.69 Å². The molecule has 1 heterocycles. The molecule has 1 aromatic heterocycles. The molecule has 0 radical (unpaired) electrons. The Hall–Kier alpha value is -1.63. The molecule has 2 N–H and O–H groups in total. The first-order chi connectivity index (χ1) is 4.33. The van der Waals surface area contributed by atoms with E-state index in [2.05, 4.69) is 10.2 Å². The number of nitriles is 1. The van der Waals surface area contributed by atoms with E-state index in [0.29, 0.717) is 5.69 Å². The van der Waals surface area contributed by atoms with Crippen molar-refractivity contribution in [3.63, 3.8) is 0 Å². The van der Waals surface area contributed by atoms with Gasteiger partial charge in [0.25, 0.3) is 0 Å². The van der Waals surface area contributed by atoms with Crippen LogP contribution in [0.2, 0.25) is 0 Å². The summed E-state index contributed by atoms with van der Waals surface area (Å²) in [7, 11) is 0. The summed E-state index contributed by atoms with van der Waals surface area (Å²) in [6.07, 6.45) is 1.39. The van der Waals surface area contributed by atoms with Gasteiger partial charge in [0.05, 0.1) is 11.9 Å². The molecule has 0 bridgehead atoms. The molecule has 0 spiro atoms. The smallest absolute Gasteiger partial charge is 0.165 e. The van der Waals surface area contributed by atoms with Crippen molar-refractivity contribution in [1.29, 1.82) is 5.26 Å². The fourth-order valence-electron chi connectivity index (χ4n) is 0.436. The van der Waals surface area contributed by atoms with Gasteiger partial charge in [0.1, 0.15) is 6.07 Å². The standard InChI is InChI=1S/C5H4N4/c6-2-5-1-4(7)3-8-9-5/h1,3H,(H2,7,9). The van der Waals surface area contributed by atoms with Crippen LogP contribution in [0.15, 0.2) is 12.3 Å². The summed E-state index contributed by atoms with van der Waals surface area (Å²) in [5.74, 6) is 0. The maximum absolute atomic E-state index is 8.25. The Morgan fingerprint density at radius 1 is 1.67 bits per heavy atom. The fraction of sp³-hybridized carbons (Fsp3) is 0. The van der Waals surface area contributed by atoms with Crippen LogP contribution in [0, 0.1) is 11.3 Å². The van der Waals surface area contributed by atoms with E-state index in [-0.39, 0.29) is 5.69 Å². The summed E-state index contributed by atoms with van der Waals surface area (Å²) < 4.78 is 0. The second-order valence-electron chi connectivity index (χ2n) is 1.49. The van der Waals surface area contributed by atoms with Gasteiger partial charge in [0, 0.05) is 6.07 Å². The quantitative estimate of drug-likeness (QED) is 0.520. The maximum atomic E-state index is 8.25. The lowest BCUT2D eigenvalue weighted by atomic mass is 10.4. The number of nitrogens with zero attached hydrogens (tertiary/aromatic N) is 3. The van der Waals surface area contributed by atoms with E-state index in [1.807, 2.05) is 6.07 Å². The second-order valence-corrected chi connectivity index (χ2v) is 1.49. The number of anilines is 1. The number of hydrogen-bond acceptors (Lipinski definition) is 4. The molecular formula is C5H4N4. The first kappa shape index (κ1) is 5.51. The Morgan fingerprint density at radius 3 is 2.89 bits per heavy atom. The van der Waals surface area contributed by atoms with Crippen molar-refractivity contribution in [3.05, 3.63) is 18.0 Å². The minimum absolute atomic E-state index is 0.245. The number of nitrogens with two attached hydrogens (primary N) is 1. The topological polar surface area (TPSA) is 75.6 Å². The highest BCUT2D eigenvalue weighted by Crippen LogP contribution is 1.97. The lowest BCUT2D eigenvalue weighted by Crippen LogP contribution is -1.91. The van der Waals surface area contributed by atoms with Gasteiger partial charge in [-0.15, -0.1) is 5.10 Å².